The second-order valence-corrected chi connectivity index (χ2v) is 6.13. The zero-order valence-electron chi connectivity index (χ0n) is 10.5. The van der Waals surface area contributed by atoms with Gasteiger partial charge in [0.05, 0.1) is 0 Å². The van der Waals surface area contributed by atoms with Crippen LogP contribution in [0.25, 0.3) is 11.4 Å². The summed E-state index contributed by atoms with van der Waals surface area (Å²) in [5, 5.41) is 8.25. The summed E-state index contributed by atoms with van der Waals surface area (Å²) in [6, 6.07) is 6.28. The first kappa shape index (κ1) is 12.3. The van der Waals surface area contributed by atoms with Gasteiger partial charge in [-0.15, -0.1) is 10.2 Å². The van der Waals surface area contributed by atoms with E-state index in [2.05, 4.69) is 76.6 Å². The van der Waals surface area contributed by atoms with Crippen LogP contribution in [0.1, 0.15) is 26.3 Å². The van der Waals surface area contributed by atoms with E-state index in [1.165, 1.54) is 5.56 Å². The molecule has 2 rings (SSSR count). The first-order chi connectivity index (χ1) is 7.88. The predicted molar refractivity (Wildman–Crippen MR) is 72.9 cm³/mol. The average molecular weight is 294 g/mol. The molecule has 90 valence electrons. The fraction of sp³-hybridized carbons (Fsp3) is 0.385. The molecule has 0 fully saturated rings. The molecule has 1 aromatic heterocycles. The predicted octanol–water partition coefficient (Wildman–Crippen LogP) is 3.77. The molecule has 0 N–H and O–H groups in total. The Morgan fingerprint density at radius 1 is 1.18 bits per heavy atom. The number of aromatic nitrogens is 3. The van der Waals surface area contributed by atoms with Crippen LogP contribution in [0.2, 0.25) is 0 Å². The third-order valence-electron chi connectivity index (χ3n) is 2.57. The van der Waals surface area contributed by atoms with Crippen molar-refractivity contribution < 1.29 is 0 Å². The third-order valence-corrected chi connectivity index (χ3v) is 3.03. The molecule has 0 aliphatic carbocycles. The molecule has 0 amide bonds. The second-order valence-electron chi connectivity index (χ2n) is 5.21. The van der Waals surface area contributed by atoms with Gasteiger partial charge in [0.1, 0.15) is 6.33 Å². The van der Waals surface area contributed by atoms with Crippen LogP contribution in [-0.4, -0.2) is 14.8 Å². The Morgan fingerprint density at radius 3 is 2.47 bits per heavy atom. The number of benzene rings is 1. The lowest BCUT2D eigenvalue weighted by atomic mass is 10.1. The summed E-state index contributed by atoms with van der Waals surface area (Å²) in [4.78, 5) is 0. The first-order valence-corrected chi connectivity index (χ1v) is 6.35. The minimum absolute atomic E-state index is 0.0188. The largest absolute Gasteiger partial charge is 0.308 e. The summed E-state index contributed by atoms with van der Waals surface area (Å²) < 4.78 is 3.16. The Labute approximate surface area is 110 Å². The highest BCUT2D eigenvalue weighted by molar-refractivity contribution is 9.10. The third kappa shape index (κ3) is 2.57. The summed E-state index contributed by atoms with van der Waals surface area (Å²) >= 11 is 3.52. The maximum absolute atomic E-state index is 4.23. The van der Waals surface area contributed by atoms with Gasteiger partial charge in [-0.05, 0) is 51.5 Å². The lowest BCUT2D eigenvalue weighted by Crippen LogP contribution is -2.21. The molecule has 0 aliphatic rings. The minimum Gasteiger partial charge on any atom is -0.308 e. The molecular weight excluding hydrogens is 278 g/mol. The van der Waals surface area contributed by atoms with Crippen LogP contribution < -0.4 is 0 Å². The van der Waals surface area contributed by atoms with Crippen molar-refractivity contribution in [2.75, 3.05) is 0 Å². The van der Waals surface area contributed by atoms with Crippen molar-refractivity contribution in [1.82, 2.24) is 14.8 Å². The van der Waals surface area contributed by atoms with Crippen LogP contribution in [0.15, 0.2) is 29.0 Å². The normalized spacial score (nSPS) is 11.8. The Kier molecular flexibility index (Phi) is 3.08. The summed E-state index contributed by atoms with van der Waals surface area (Å²) in [5.41, 5.74) is 2.27. The maximum atomic E-state index is 4.23. The summed E-state index contributed by atoms with van der Waals surface area (Å²) in [7, 11) is 0. The highest BCUT2D eigenvalue weighted by Gasteiger charge is 2.18. The van der Waals surface area contributed by atoms with Gasteiger partial charge in [0, 0.05) is 15.6 Å². The van der Waals surface area contributed by atoms with Crippen LogP contribution in [0.5, 0.6) is 0 Å². The monoisotopic (exact) mass is 293 g/mol. The van der Waals surface area contributed by atoms with Crippen molar-refractivity contribution in [2.24, 2.45) is 0 Å². The number of halogens is 1. The van der Waals surface area contributed by atoms with Gasteiger partial charge in [0.15, 0.2) is 5.82 Å². The summed E-state index contributed by atoms with van der Waals surface area (Å²) in [6.45, 7) is 8.51. The lowest BCUT2D eigenvalue weighted by Gasteiger charge is -2.22. The SMILES string of the molecule is Cc1cc(Br)cc(-c2nncn2C(C)(C)C)c1. The van der Waals surface area contributed by atoms with Gasteiger partial charge in [-0.1, -0.05) is 15.9 Å². The Morgan fingerprint density at radius 2 is 1.88 bits per heavy atom. The molecule has 2 aromatic rings. The van der Waals surface area contributed by atoms with E-state index in [-0.39, 0.29) is 5.54 Å². The first-order valence-electron chi connectivity index (χ1n) is 5.56. The number of rotatable bonds is 1. The highest BCUT2D eigenvalue weighted by atomic mass is 79.9. The molecule has 4 heteroatoms. The zero-order valence-corrected chi connectivity index (χ0v) is 12.1. The molecule has 0 radical (unpaired) electrons. The number of hydrogen-bond acceptors (Lipinski definition) is 2. The van der Waals surface area contributed by atoms with Crippen LogP contribution in [0.4, 0.5) is 0 Å². The van der Waals surface area contributed by atoms with Gasteiger partial charge in [-0.2, -0.15) is 0 Å². The van der Waals surface area contributed by atoms with E-state index in [4.69, 9.17) is 0 Å². The number of hydrogen-bond donors (Lipinski definition) is 0. The molecule has 17 heavy (non-hydrogen) atoms. The zero-order chi connectivity index (χ0) is 12.6. The van der Waals surface area contributed by atoms with E-state index >= 15 is 0 Å². The molecule has 0 saturated heterocycles. The molecule has 0 bridgehead atoms. The summed E-state index contributed by atoms with van der Waals surface area (Å²) in [6.07, 6.45) is 1.78. The van der Waals surface area contributed by atoms with Crippen LogP contribution >= 0.6 is 15.9 Å². The van der Waals surface area contributed by atoms with Crippen molar-refractivity contribution in [2.45, 2.75) is 33.2 Å². The quantitative estimate of drug-likeness (QED) is 0.801. The lowest BCUT2D eigenvalue weighted by molar-refractivity contribution is 0.400. The van der Waals surface area contributed by atoms with Gasteiger partial charge in [0.25, 0.3) is 0 Å². The van der Waals surface area contributed by atoms with E-state index in [1.54, 1.807) is 6.33 Å². The van der Waals surface area contributed by atoms with Crippen molar-refractivity contribution >= 4 is 15.9 Å². The molecular formula is C13H16BrN3. The van der Waals surface area contributed by atoms with Crippen LogP contribution in [-0.2, 0) is 5.54 Å². The van der Waals surface area contributed by atoms with E-state index in [1.807, 2.05) is 0 Å². The molecule has 0 spiro atoms. The van der Waals surface area contributed by atoms with E-state index in [0.717, 1.165) is 15.9 Å². The number of nitrogens with zero attached hydrogens (tertiary/aromatic N) is 3. The van der Waals surface area contributed by atoms with Crippen LogP contribution in [0.3, 0.4) is 0 Å². The summed E-state index contributed by atoms with van der Waals surface area (Å²) in [5.74, 6) is 0.905. The number of aryl methyl sites for hydroxylation is 1. The van der Waals surface area contributed by atoms with Gasteiger partial charge in [0.2, 0.25) is 0 Å². The molecule has 0 unspecified atom stereocenters. The Balaban J connectivity index is 2.57. The van der Waals surface area contributed by atoms with E-state index in [0.29, 0.717) is 0 Å². The van der Waals surface area contributed by atoms with Crippen molar-refractivity contribution in [3.63, 3.8) is 0 Å². The maximum Gasteiger partial charge on any atom is 0.164 e. The average Bonchev–Trinajstić information content (AvgIpc) is 2.63. The highest BCUT2D eigenvalue weighted by Crippen LogP contribution is 2.26. The van der Waals surface area contributed by atoms with Crippen LogP contribution in [0, 0.1) is 6.92 Å². The van der Waals surface area contributed by atoms with Gasteiger partial charge in [-0.3, -0.25) is 0 Å². The smallest absolute Gasteiger partial charge is 0.164 e. The topological polar surface area (TPSA) is 30.7 Å². The van der Waals surface area contributed by atoms with Crippen molar-refractivity contribution in [3.05, 3.63) is 34.6 Å². The molecule has 0 atom stereocenters. The van der Waals surface area contributed by atoms with E-state index < -0.39 is 0 Å². The van der Waals surface area contributed by atoms with Gasteiger partial charge < -0.3 is 4.57 Å². The molecule has 0 aliphatic heterocycles. The standard InChI is InChI=1S/C13H16BrN3/c1-9-5-10(7-11(14)6-9)12-16-15-8-17(12)13(2,3)4/h5-8H,1-4H3. The Hall–Kier alpha value is -1.16. The molecule has 1 heterocycles. The fourth-order valence-electron chi connectivity index (χ4n) is 1.79. The molecule has 1 aromatic carbocycles. The molecule has 3 nitrogen and oxygen atoms in total. The van der Waals surface area contributed by atoms with Gasteiger partial charge >= 0.3 is 0 Å². The molecule has 0 saturated carbocycles. The fourth-order valence-corrected chi connectivity index (χ4v) is 2.40. The second kappa shape index (κ2) is 4.26. The van der Waals surface area contributed by atoms with Crippen molar-refractivity contribution in [1.29, 1.82) is 0 Å². The minimum atomic E-state index is -0.0188. The van der Waals surface area contributed by atoms with E-state index in [9.17, 15) is 0 Å². The van der Waals surface area contributed by atoms with Gasteiger partial charge in [-0.25, -0.2) is 0 Å². The Bertz CT molecular complexity index is 518. The van der Waals surface area contributed by atoms with Crippen molar-refractivity contribution in [3.8, 4) is 11.4 Å².